The highest BCUT2D eigenvalue weighted by Crippen LogP contribution is 2.23. The van der Waals surface area contributed by atoms with Crippen molar-refractivity contribution in [1.82, 2.24) is 9.88 Å². The SMILES string of the molecule is COc1ccc(C(=O)C2CCN(C(=O)/C=C\c3cscn3)CC2)cc1. The number of hydrogen-bond donors (Lipinski definition) is 0. The summed E-state index contributed by atoms with van der Waals surface area (Å²) in [5.74, 6) is 0.833. The number of piperidine rings is 1. The van der Waals surface area contributed by atoms with Crippen molar-refractivity contribution in [2.75, 3.05) is 20.2 Å². The van der Waals surface area contributed by atoms with E-state index in [1.165, 1.54) is 11.3 Å². The molecule has 1 aromatic carbocycles. The van der Waals surface area contributed by atoms with E-state index in [0.717, 1.165) is 11.4 Å². The summed E-state index contributed by atoms with van der Waals surface area (Å²) in [5.41, 5.74) is 3.23. The molecule has 1 saturated heterocycles. The topological polar surface area (TPSA) is 59.5 Å². The van der Waals surface area contributed by atoms with Crippen molar-refractivity contribution in [3.63, 3.8) is 0 Å². The Bertz CT molecular complexity index is 745. The van der Waals surface area contributed by atoms with Gasteiger partial charge in [0, 0.05) is 36.0 Å². The first-order chi connectivity index (χ1) is 12.2. The van der Waals surface area contributed by atoms with Crippen LogP contribution >= 0.6 is 11.3 Å². The summed E-state index contributed by atoms with van der Waals surface area (Å²) < 4.78 is 5.12. The molecule has 0 aliphatic carbocycles. The minimum Gasteiger partial charge on any atom is -0.497 e. The fourth-order valence-corrected chi connectivity index (χ4v) is 3.44. The predicted molar refractivity (Wildman–Crippen MR) is 97.8 cm³/mol. The van der Waals surface area contributed by atoms with Gasteiger partial charge in [0.25, 0.3) is 0 Å². The molecule has 2 heterocycles. The van der Waals surface area contributed by atoms with Gasteiger partial charge in [-0.05, 0) is 43.2 Å². The number of likely N-dealkylation sites (tertiary alicyclic amines) is 1. The Morgan fingerprint density at radius 1 is 1.24 bits per heavy atom. The molecular formula is C19H20N2O3S. The van der Waals surface area contributed by atoms with Crippen LogP contribution in [0.2, 0.25) is 0 Å². The van der Waals surface area contributed by atoms with Gasteiger partial charge < -0.3 is 9.64 Å². The van der Waals surface area contributed by atoms with Crippen LogP contribution in [-0.2, 0) is 4.79 Å². The van der Waals surface area contributed by atoms with E-state index in [0.29, 0.717) is 31.5 Å². The van der Waals surface area contributed by atoms with Crippen LogP contribution in [-0.4, -0.2) is 41.8 Å². The molecule has 1 aromatic heterocycles. The third kappa shape index (κ3) is 4.33. The maximum atomic E-state index is 12.6. The van der Waals surface area contributed by atoms with Crippen molar-refractivity contribution in [1.29, 1.82) is 0 Å². The van der Waals surface area contributed by atoms with E-state index in [4.69, 9.17) is 4.74 Å². The van der Waals surface area contributed by atoms with Gasteiger partial charge in [-0.25, -0.2) is 4.98 Å². The average molecular weight is 356 g/mol. The molecule has 0 radical (unpaired) electrons. The number of rotatable bonds is 5. The smallest absolute Gasteiger partial charge is 0.246 e. The molecule has 130 valence electrons. The van der Waals surface area contributed by atoms with E-state index in [2.05, 4.69) is 4.98 Å². The van der Waals surface area contributed by atoms with Crippen LogP contribution in [0.4, 0.5) is 0 Å². The molecule has 3 rings (SSSR count). The first kappa shape index (κ1) is 17.4. The van der Waals surface area contributed by atoms with Gasteiger partial charge in [0.1, 0.15) is 5.75 Å². The number of hydrogen-bond acceptors (Lipinski definition) is 5. The molecular weight excluding hydrogens is 336 g/mol. The number of aromatic nitrogens is 1. The predicted octanol–water partition coefficient (Wildman–Crippen LogP) is 3.29. The van der Waals surface area contributed by atoms with Gasteiger partial charge in [-0.1, -0.05) is 0 Å². The van der Waals surface area contributed by atoms with Gasteiger partial charge in [-0.3, -0.25) is 9.59 Å². The summed E-state index contributed by atoms with van der Waals surface area (Å²) in [7, 11) is 1.60. The van der Waals surface area contributed by atoms with Gasteiger partial charge in [0.2, 0.25) is 5.91 Å². The van der Waals surface area contributed by atoms with Crippen LogP contribution in [0, 0.1) is 5.92 Å². The van der Waals surface area contributed by atoms with Crippen LogP contribution in [0.1, 0.15) is 28.9 Å². The van der Waals surface area contributed by atoms with Crippen molar-refractivity contribution < 1.29 is 14.3 Å². The highest BCUT2D eigenvalue weighted by atomic mass is 32.1. The maximum absolute atomic E-state index is 12.6. The quantitative estimate of drug-likeness (QED) is 0.609. The molecule has 1 fully saturated rings. The lowest BCUT2D eigenvalue weighted by Crippen LogP contribution is -2.39. The average Bonchev–Trinajstić information content (AvgIpc) is 3.19. The molecule has 0 unspecified atom stereocenters. The fourth-order valence-electron chi connectivity index (χ4n) is 2.92. The number of ketones is 1. The molecule has 5 nitrogen and oxygen atoms in total. The van der Waals surface area contributed by atoms with Crippen molar-refractivity contribution >= 4 is 29.1 Å². The Labute approximate surface area is 150 Å². The number of nitrogens with zero attached hydrogens (tertiary/aromatic N) is 2. The molecule has 6 heteroatoms. The summed E-state index contributed by atoms with van der Waals surface area (Å²) >= 11 is 1.50. The molecule has 0 saturated carbocycles. The lowest BCUT2D eigenvalue weighted by atomic mass is 9.89. The fraction of sp³-hybridized carbons (Fsp3) is 0.316. The molecule has 25 heavy (non-hydrogen) atoms. The summed E-state index contributed by atoms with van der Waals surface area (Å²) in [6.07, 6.45) is 4.68. The number of carbonyl (C=O) groups excluding carboxylic acids is 2. The van der Waals surface area contributed by atoms with Crippen LogP contribution in [0.5, 0.6) is 5.75 Å². The van der Waals surface area contributed by atoms with Crippen molar-refractivity contribution in [2.45, 2.75) is 12.8 Å². The summed E-state index contributed by atoms with van der Waals surface area (Å²) in [4.78, 5) is 30.7. The maximum Gasteiger partial charge on any atom is 0.246 e. The van der Waals surface area contributed by atoms with E-state index in [-0.39, 0.29) is 17.6 Å². The van der Waals surface area contributed by atoms with Crippen LogP contribution in [0.3, 0.4) is 0 Å². The van der Waals surface area contributed by atoms with Gasteiger partial charge in [-0.2, -0.15) is 0 Å². The summed E-state index contributed by atoms with van der Waals surface area (Å²) in [6, 6.07) is 7.20. The monoisotopic (exact) mass is 356 g/mol. The van der Waals surface area contributed by atoms with Crippen molar-refractivity contribution in [3.8, 4) is 5.75 Å². The van der Waals surface area contributed by atoms with Crippen LogP contribution in [0.25, 0.3) is 6.08 Å². The lowest BCUT2D eigenvalue weighted by molar-refractivity contribution is -0.127. The number of carbonyl (C=O) groups is 2. The van der Waals surface area contributed by atoms with Gasteiger partial charge >= 0.3 is 0 Å². The standard InChI is InChI=1S/C19H20N2O3S/c1-24-17-5-2-14(3-6-17)19(23)15-8-10-21(11-9-15)18(22)7-4-16-12-25-13-20-16/h2-7,12-13,15H,8-11H2,1H3/b7-4-. The summed E-state index contributed by atoms with van der Waals surface area (Å²) in [5, 5.41) is 1.89. The first-order valence-corrected chi connectivity index (χ1v) is 9.15. The third-order valence-corrected chi connectivity index (χ3v) is 5.00. The largest absolute Gasteiger partial charge is 0.497 e. The van der Waals surface area contributed by atoms with E-state index in [9.17, 15) is 9.59 Å². The summed E-state index contributed by atoms with van der Waals surface area (Å²) in [6.45, 7) is 1.21. The van der Waals surface area contributed by atoms with E-state index in [1.807, 2.05) is 5.38 Å². The Morgan fingerprint density at radius 3 is 2.56 bits per heavy atom. The van der Waals surface area contributed by atoms with Crippen LogP contribution in [0.15, 0.2) is 41.2 Å². The van der Waals surface area contributed by atoms with Gasteiger partial charge in [0.15, 0.2) is 5.78 Å². The molecule has 0 spiro atoms. The van der Waals surface area contributed by atoms with E-state index >= 15 is 0 Å². The Kier molecular flexibility index (Phi) is 5.60. The number of benzene rings is 1. The van der Waals surface area contributed by atoms with Gasteiger partial charge in [0.05, 0.1) is 18.3 Å². The second kappa shape index (κ2) is 8.07. The number of ether oxygens (including phenoxy) is 1. The lowest BCUT2D eigenvalue weighted by Gasteiger charge is -2.30. The minimum absolute atomic E-state index is 0.0247. The second-order valence-electron chi connectivity index (χ2n) is 5.94. The van der Waals surface area contributed by atoms with Gasteiger partial charge in [-0.15, -0.1) is 11.3 Å². The number of thiazole rings is 1. The zero-order valence-electron chi connectivity index (χ0n) is 14.1. The van der Waals surface area contributed by atoms with Crippen molar-refractivity contribution in [2.24, 2.45) is 5.92 Å². The first-order valence-electron chi connectivity index (χ1n) is 8.21. The molecule has 0 bridgehead atoms. The highest BCUT2D eigenvalue weighted by molar-refractivity contribution is 7.07. The molecule has 2 aromatic rings. The zero-order chi connectivity index (χ0) is 17.6. The molecule has 1 aliphatic rings. The highest BCUT2D eigenvalue weighted by Gasteiger charge is 2.27. The molecule has 0 N–H and O–H groups in total. The number of methoxy groups -OCH3 is 1. The second-order valence-corrected chi connectivity index (χ2v) is 6.66. The molecule has 0 atom stereocenters. The number of Topliss-reactive ketones (excluding diaryl/α,β-unsaturated/α-hetero) is 1. The number of amides is 1. The minimum atomic E-state index is -0.0278. The van der Waals surface area contributed by atoms with Crippen molar-refractivity contribution in [3.05, 3.63) is 52.5 Å². The Balaban J connectivity index is 1.54. The Hall–Kier alpha value is -2.47. The van der Waals surface area contributed by atoms with E-state index < -0.39 is 0 Å². The van der Waals surface area contributed by atoms with E-state index in [1.54, 1.807) is 53.9 Å². The third-order valence-electron chi connectivity index (χ3n) is 4.40. The van der Waals surface area contributed by atoms with Crippen LogP contribution < -0.4 is 4.74 Å². The zero-order valence-corrected chi connectivity index (χ0v) is 14.9. The Morgan fingerprint density at radius 2 is 1.96 bits per heavy atom. The molecule has 1 aliphatic heterocycles. The molecule has 1 amide bonds. The normalized spacial score (nSPS) is 15.5.